The first-order valence-corrected chi connectivity index (χ1v) is 3.71. The van der Waals surface area contributed by atoms with Crippen LogP contribution in [0.4, 0.5) is 0 Å². The Morgan fingerprint density at radius 3 is 2.78 bits per heavy atom. The van der Waals surface area contributed by atoms with Gasteiger partial charge in [-0.1, -0.05) is 13.3 Å². The summed E-state index contributed by atoms with van der Waals surface area (Å²) in [6.45, 7) is 4.05. The number of rotatable bonds is 1. The van der Waals surface area contributed by atoms with Crippen molar-refractivity contribution in [2.75, 3.05) is 13.1 Å². The van der Waals surface area contributed by atoms with E-state index in [2.05, 4.69) is 12.2 Å². The second-order valence-corrected chi connectivity index (χ2v) is 2.82. The van der Waals surface area contributed by atoms with E-state index in [1.165, 1.54) is 6.42 Å². The van der Waals surface area contributed by atoms with Gasteiger partial charge in [-0.05, 0) is 18.9 Å². The highest BCUT2D eigenvalue weighted by atomic mass is 16.3. The predicted octanol–water partition coefficient (Wildman–Crippen LogP) is 0.367. The summed E-state index contributed by atoms with van der Waals surface area (Å²) in [6.07, 6.45) is 2.08. The van der Waals surface area contributed by atoms with E-state index in [9.17, 15) is 0 Å². The first kappa shape index (κ1) is 7.03. The number of piperidine rings is 1. The van der Waals surface area contributed by atoms with Gasteiger partial charge in [0.2, 0.25) is 0 Å². The molecule has 1 fully saturated rings. The second kappa shape index (κ2) is 3.18. The zero-order chi connectivity index (χ0) is 6.69. The van der Waals surface area contributed by atoms with Crippen LogP contribution in [-0.4, -0.2) is 24.3 Å². The minimum Gasteiger partial charge on any atom is -0.392 e. The quantitative estimate of drug-likeness (QED) is 0.536. The van der Waals surface area contributed by atoms with Crippen molar-refractivity contribution < 1.29 is 5.11 Å². The van der Waals surface area contributed by atoms with Crippen molar-refractivity contribution in [3.8, 4) is 0 Å². The number of aliphatic hydroxyl groups excluding tert-OH is 1. The normalized spacial score (nSPS) is 36.7. The molecule has 1 aliphatic heterocycles. The van der Waals surface area contributed by atoms with Crippen molar-refractivity contribution in [1.29, 1.82) is 0 Å². The summed E-state index contributed by atoms with van der Waals surface area (Å²) in [7, 11) is 0. The summed E-state index contributed by atoms with van der Waals surface area (Å²) in [5.41, 5.74) is 0. The molecular weight excluding hydrogens is 114 g/mol. The molecule has 0 amide bonds. The fourth-order valence-corrected chi connectivity index (χ4v) is 1.32. The molecule has 0 aromatic rings. The highest BCUT2D eigenvalue weighted by Crippen LogP contribution is 2.12. The van der Waals surface area contributed by atoms with Crippen LogP contribution in [0.1, 0.15) is 19.8 Å². The van der Waals surface area contributed by atoms with Gasteiger partial charge in [0.15, 0.2) is 0 Å². The van der Waals surface area contributed by atoms with E-state index in [1.54, 1.807) is 0 Å². The van der Waals surface area contributed by atoms with Gasteiger partial charge < -0.3 is 10.4 Å². The van der Waals surface area contributed by atoms with Crippen molar-refractivity contribution in [3.05, 3.63) is 0 Å². The monoisotopic (exact) mass is 129 g/mol. The van der Waals surface area contributed by atoms with Crippen LogP contribution in [-0.2, 0) is 0 Å². The van der Waals surface area contributed by atoms with Gasteiger partial charge >= 0.3 is 0 Å². The van der Waals surface area contributed by atoms with Crippen molar-refractivity contribution >= 4 is 0 Å². The Labute approximate surface area is 56.3 Å². The van der Waals surface area contributed by atoms with Crippen molar-refractivity contribution in [1.82, 2.24) is 5.32 Å². The lowest BCUT2D eigenvalue weighted by molar-refractivity contribution is 0.113. The molecule has 1 saturated heterocycles. The molecule has 2 atom stereocenters. The van der Waals surface area contributed by atoms with Crippen molar-refractivity contribution in [3.63, 3.8) is 0 Å². The third-order valence-corrected chi connectivity index (χ3v) is 2.00. The van der Waals surface area contributed by atoms with Gasteiger partial charge in [0.25, 0.3) is 0 Å². The smallest absolute Gasteiger partial charge is 0.0667 e. The van der Waals surface area contributed by atoms with Gasteiger partial charge in [-0.3, -0.25) is 0 Å². The fourth-order valence-electron chi connectivity index (χ4n) is 1.32. The molecule has 1 rings (SSSR count). The molecule has 0 radical (unpaired) electrons. The van der Waals surface area contributed by atoms with Gasteiger partial charge in [-0.25, -0.2) is 0 Å². The Bertz CT molecular complexity index is 85.0. The van der Waals surface area contributed by atoms with E-state index < -0.39 is 0 Å². The standard InChI is InChI=1S/C7H15NO/c1-2-6-3-7(9)5-8-4-6/h6-9H,2-5H2,1H3/t6?,7-/m0/s1. The Morgan fingerprint density at radius 2 is 2.33 bits per heavy atom. The first-order valence-electron chi connectivity index (χ1n) is 3.71. The maximum Gasteiger partial charge on any atom is 0.0667 e. The topological polar surface area (TPSA) is 32.3 Å². The van der Waals surface area contributed by atoms with Gasteiger partial charge in [0.1, 0.15) is 0 Å². The largest absolute Gasteiger partial charge is 0.392 e. The summed E-state index contributed by atoms with van der Waals surface area (Å²) < 4.78 is 0. The Kier molecular flexibility index (Phi) is 2.49. The molecule has 2 heteroatoms. The van der Waals surface area contributed by atoms with E-state index in [0.29, 0.717) is 5.92 Å². The lowest BCUT2D eigenvalue weighted by atomic mass is 9.95. The van der Waals surface area contributed by atoms with Gasteiger partial charge in [0.05, 0.1) is 6.10 Å². The molecule has 54 valence electrons. The molecular formula is C7H15NO. The minimum absolute atomic E-state index is 0.0938. The molecule has 0 spiro atoms. The van der Waals surface area contributed by atoms with Crippen LogP contribution in [0.25, 0.3) is 0 Å². The molecule has 0 aliphatic carbocycles. The zero-order valence-electron chi connectivity index (χ0n) is 5.93. The summed E-state index contributed by atoms with van der Waals surface area (Å²) in [5, 5.41) is 12.3. The number of hydrogen-bond acceptors (Lipinski definition) is 2. The van der Waals surface area contributed by atoms with Crippen LogP contribution < -0.4 is 5.32 Å². The molecule has 0 aromatic heterocycles. The number of nitrogens with one attached hydrogen (secondary N) is 1. The summed E-state index contributed by atoms with van der Waals surface area (Å²) in [6, 6.07) is 0. The highest BCUT2D eigenvalue weighted by Gasteiger charge is 2.17. The Hall–Kier alpha value is -0.0800. The zero-order valence-corrected chi connectivity index (χ0v) is 5.93. The molecule has 9 heavy (non-hydrogen) atoms. The maximum absolute atomic E-state index is 9.15. The van der Waals surface area contributed by atoms with Crippen molar-refractivity contribution in [2.24, 2.45) is 5.92 Å². The van der Waals surface area contributed by atoms with Gasteiger partial charge in [-0.15, -0.1) is 0 Å². The molecule has 0 saturated carbocycles. The second-order valence-electron chi connectivity index (χ2n) is 2.82. The summed E-state index contributed by atoms with van der Waals surface area (Å²) >= 11 is 0. The molecule has 1 heterocycles. The van der Waals surface area contributed by atoms with Crippen LogP contribution in [0.3, 0.4) is 0 Å². The third-order valence-electron chi connectivity index (χ3n) is 2.00. The van der Waals surface area contributed by atoms with Gasteiger partial charge in [0, 0.05) is 6.54 Å². The molecule has 0 aromatic carbocycles. The Morgan fingerprint density at radius 1 is 1.56 bits per heavy atom. The molecule has 2 nitrogen and oxygen atoms in total. The van der Waals surface area contributed by atoms with Crippen LogP contribution in [0.15, 0.2) is 0 Å². The van der Waals surface area contributed by atoms with Crippen LogP contribution in [0.2, 0.25) is 0 Å². The van der Waals surface area contributed by atoms with E-state index >= 15 is 0 Å². The average molecular weight is 129 g/mol. The summed E-state index contributed by atoms with van der Waals surface area (Å²) in [4.78, 5) is 0. The summed E-state index contributed by atoms with van der Waals surface area (Å²) in [5.74, 6) is 0.703. The lowest BCUT2D eigenvalue weighted by Crippen LogP contribution is -2.38. The number of aliphatic hydroxyl groups is 1. The minimum atomic E-state index is -0.0938. The van der Waals surface area contributed by atoms with E-state index in [4.69, 9.17) is 5.11 Å². The maximum atomic E-state index is 9.15. The fraction of sp³-hybridized carbons (Fsp3) is 1.00. The predicted molar refractivity (Wildman–Crippen MR) is 37.3 cm³/mol. The van der Waals surface area contributed by atoms with E-state index in [1.807, 2.05) is 0 Å². The average Bonchev–Trinajstić information content (AvgIpc) is 1.88. The van der Waals surface area contributed by atoms with Crippen LogP contribution in [0.5, 0.6) is 0 Å². The highest BCUT2D eigenvalue weighted by molar-refractivity contribution is 4.73. The molecule has 1 aliphatic rings. The Balaban J connectivity index is 2.23. The third kappa shape index (κ3) is 1.95. The lowest BCUT2D eigenvalue weighted by Gasteiger charge is -2.25. The number of β-amino-alcohol motifs (C(OH)–C–C–N with tert-alkyl or cyclic N) is 1. The SMILES string of the molecule is CCC1CNC[C@@H](O)C1. The van der Waals surface area contributed by atoms with Gasteiger partial charge in [-0.2, -0.15) is 0 Å². The van der Waals surface area contributed by atoms with E-state index in [0.717, 1.165) is 19.5 Å². The molecule has 0 bridgehead atoms. The molecule has 1 unspecified atom stereocenters. The van der Waals surface area contributed by atoms with Crippen LogP contribution >= 0.6 is 0 Å². The van der Waals surface area contributed by atoms with Crippen molar-refractivity contribution in [2.45, 2.75) is 25.9 Å². The van der Waals surface area contributed by atoms with Crippen LogP contribution in [0, 0.1) is 5.92 Å². The first-order chi connectivity index (χ1) is 4.33. The number of hydrogen-bond donors (Lipinski definition) is 2. The van der Waals surface area contributed by atoms with E-state index in [-0.39, 0.29) is 6.10 Å². The molecule has 2 N–H and O–H groups in total.